The van der Waals surface area contributed by atoms with Gasteiger partial charge in [-0.05, 0) is 66.9 Å². The SMILES string of the molecule is Cc1c(CC(=O)Nc2ccc(F)cc2)ccnc1C1=CCNCC1. The Balaban J connectivity index is 1.74. The summed E-state index contributed by atoms with van der Waals surface area (Å²) in [6, 6.07) is 7.64. The van der Waals surface area contributed by atoms with E-state index in [-0.39, 0.29) is 18.1 Å². The number of hydrogen-bond donors (Lipinski definition) is 2. The second-order valence-corrected chi connectivity index (χ2v) is 5.86. The number of carbonyl (C=O) groups excluding carboxylic acids is 1. The summed E-state index contributed by atoms with van der Waals surface area (Å²) in [6.45, 7) is 3.81. The molecule has 1 aromatic heterocycles. The lowest BCUT2D eigenvalue weighted by molar-refractivity contribution is -0.115. The molecule has 3 rings (SSSR count). The Labute approximate surface area is 140 Å². The zero-order chi connectivity index (χ0) is 16.9. The molecule has 0 fully saturated rings. The molecule has 1 aliphatic rings. The van der Waals surface area contributed by atoms with Gasteiger partial charge in [-0.2, -0.15) is 0 Å². The second-order valence-electron chi connectivity index (χ2n) is 5.86. The van der Waals surface area contributed by atoms with Crippen molar-refractivity contribution in [2.45, 2.75) is 19.8 Å². The summed E-state index contributed by atoms with van der Waals surface area (Å²) in [4.78, 5) is 16.8. The minimum absolute atomic E-state index is 0.124. The summed E-state index contributed by atoms with van der Waals surface area (Å²) < 4.78 is 12.9. The van der Waals surface area contributed by atoms with Crippen molar-refractivity contribution in [1.82, 2.24) is 10.3 Å². The van der Waals surface area contributed by atoms with Crippen LogP contribution in [0.1, 0.15) is 23.2 Å². The number of carbonyl (C=O) groups is 1. The van der Waals surface area contributed by atoms with E-state index in [0.29, 0.717) is 5.69 Å². The Bertz CT molecular complexity index is 769. The molecule has 0 bridgehead atoms. The highest BCUT2D eigenvalue weighted by atomic mass is 19.1. The Morgan fingerprint density at radius 2 is 2.08 bits per heavy atom. The summed E-state index contributed by atoms with van der Waals surface area (Å²) in [6.07, 6.45) is 5.12. The van der Waals surface area contributed by atoms with Crippen molar-refractivity contribution in [3.05, 3.63) is 65.2 Å². The van der Waals surface area contributed by atoms with E-state index in [1.54, 1.807) is 18.3 Å². The third-order valence-corrected chi connectivity index (χ3v) is 4.16. The maximum absolute atomic E-state index is 12.9. The van der Waals surface area contributed by atoms with Gasteiger partial charge in [0.25, 0.3) is 0 Å². The van der Waals surface area contributed by atoms with Gasteiger partial charge in [0.15, 0.2) is 0 Å². The molecule has 0 radical (unpaired) electrons. The topological polar surface area (TPSA) is 54.0 Å². The van der Waals surface area contributed by atoms with Crippen LogP contribution >= 0.6 is 0 Å². The Hall–Kier alpha value is -2.53. The summed E-state index contributed by atoms with van der Waals surface area (Å²) in [5.41, 5.74) is 4.80. The van der Waals surface area contributed by atoms with Gasteiger partial charge in [-0.3, -0.25) is 9.78 Å². The number of aromatic nitrogens is 1. The first-order chi connectivity index (χ1) is 11.6. The third kappa shape index (κ3) is 3.86. The smallest absolute Gasteiger partial charge is 0.228 e. The maximum atomic E-state index is 12.9. The molecule has 1 aliphatic heterocycles. The highest BCUT2D eigenvalue weighted by Gasteiger charge is 2.14. The summed E-state index contributed by atoms with van der Waals surface area (Å²) >= 11 is 0. The molecule has 2 N–H and O–H groups in total. The molecule has 5 heteroatoms. The van der Waals surface area contributed by atoms with Crippen LogP contribution in [0.25, 0.3) is 5.57 Å². The standard InChI is InChI=1S/C19H20FN3O/c1-13-15(8-11-22-19(13)14-6-9-21-10-7-14)12-18(24)23-17-4-2-16(20)3-5-17/h2-6,8,11,21H,7,9-10,12H2,1H3,(H,23,24). The Morgan fingerprint density at radius 3 is 2.79 bits per heavy atom. The van der Waals surface area contributed by atoms with Crippen molar-refractivity contribution in [2.24, 2.45) is 0 Å². The molecule has 2 heterocycles. The fourth-order valence-corrected chi connectivity index (χ4v) is 2.84. The number of rotatable bonds is 4. The summed E-state index contributed by atoms with van der Waals surface area (Å²) in [7, 11) is 0. The van der Waals surface area contributed by atoms with Crippen LogP contribution in [0.5, 0.6) is 0 Å². The van der Waals surface area contributed by atoms with Gasteiger partial charge in [0.05, 0.1) is 12.1 Å². The number of amides is 1. The first-order valence-corrected chi connectivity index (χ1v) is 8.03. The van der Waals surface area contributed by atoms with E-state index in [9.17, 15) is 9.18 Å². The Morgan fingerprint density at radius 1 is 1.29 bits per heavy atom. The molecular formula is C19H20FN3O. The van der Waals surface area contributed by atoms with E-state index in [4.69, 9.17) is 0 Å². The molecule has 0 atom stereocenters. The van der Waals surface area contributed by atoms with Gasteiger partial charge in [0, 0.05) is 18.4 Å². The molecule has 0 saturated heterocycles. The highest BCUT2D eigenvalue weighted by molar-refractivity contribution is 5.92. The molecule has 0 saturated carbocycles. The van der Waals surface area contributed by atoms with Crippen molar-refractivity contribution in [3.8, 4) is 0 Å². The van der Waals surface area contributed by atoms with Crippen LogP contribution < -0.4 is 10.6 Å². The van der Waals surface area contributed by atoms with Crippen LogP contribution in [0.4, 0.5) is 10.1 Å². The van der Waals surface area contributed by atoms with Crippen LogP contribution in [0.2, 0.25) is 0 Å². The number of nitrogens with zero attached hydrogens (tertiary/aromatic N) is 1. The number of pyridine rings is 1. The van der Waals surface area contributed by atoms with Crippen LogP contribution in [0.15, 0.2) is 42.6 Å². The lowest BCUT2D eigenvalue weighted by Crippen LogP contribution is -2.21. The summed E-state index contributed by atoms with van der Waals surface area (Å²) in [5, 5.41) is 6.08. The van der Waals surface area contributed by atoms with Crippen LogP contribution in [-0.2, 0) is 11.2 Å². The maximum Gasteiger partial charge on any atom is 0.228 e. The number of benzene rings is 1. The van der Waals surface area contributed by atoms with Crippen LogP contribution in [0.3, 0.4) is 0 Å². The molecule has 1 amide bonds. The van der Waals surface area contributed by atoms with Gasteiger partial charge in [-0.15, -0.1) is 0 Å². The van der Waals surface area contributed by atoms with Gasteiger partial charge >= 0.3 is 0 Å². The predicted octanol–water partition coefficient (Wildman–Crippen LogP) is 3.09. The largest absolute Gasteiger partial charge is 0.326 e. The number of anilines is 1. The van der Waals surface area contributed by atoms with E-state index in [1.807, 2.05) is 13.0 Å². The second kappa shape index (κ2) is 7.36. The highest BCUT2D eigenvalue weighted by Crippen LogP contribution is 2.23. The van der Waals surface area contributed by atoms with Crippen LogP contribution in [0, 0.1) is 12.7 Å². The van der Waals surface area contributed by atoms with E-state index in [0.717, 1.165) is 36.3 Å². The van der Waals surface area contributed by atoms with Gasteiger partial charge in [0.2, 0.25) is 5.91 Å². The molecule has 24 heavy (non-hydrogen) atoms. The minimum Gasteiger partial charge on any atom is -0.326 e. The van der Waals surface area contributed by atoms with Crippen molar-refractivity contribution in [2.75, 3.05) is 18.4 Å². The fourth-order valence-electron chi connectivity index (χ4n) is 2.84. The number of nitrogens with one attached hydrogen (secondary N) is 2. The van der Waals surface area contributed by atoms with Gasteiger partial charge in [0.1, 0.15) is 5.82 Å². The number of halogens is 1. The first-order valence-electron chi connectivity index (χ1n) is 8.03. The zero-order valence-electron chi connectivity index (χ0n) is 13.6. The molecule has 0 unspecified atom stereocenters. The monoisotopic (exact) mass is 325 g/mol. The van der Waals surface area contributed by atoms with E-state index in [1.165, 1.54) is 17.7 Å². The Kier molecular flexibility index (Phi) is 5.01. The zero-order valence-corrected chi connectivity index (χ0v) is 13.6. The van der Waals surface area contributed by atoms with Gasteiger partial charge < -0.3 is 10.6 Å². The third-order valence-electron chi connectivity index (χ3n) is 4.16. The van der Waals surface area contributed by atoms with Crippen molar-refractivity contribution < 1.29 is 9.18 Å². The van der Waals surface area contributed by atoms with E-state index >= 15 is 0 Å². The van der Waals surface area contributed by atoms with E-state index in [2.05, 4.69) is 21.7 Å². The fraction of sp³-hybridized carbons (Fsp3) is 0.263. The van der Waals surface area contributed by atoms with Crippen molar-refractivity contribution >= 4 is 17.2 Å². The summed E-state index contributed by atoms with van der Waals surface area (Å²) in [5.74, 6) is -0.445. The first kappa shape index (κ1) is 16.3. The van der Waals surface area contributed by atoms with Crippen LogP contribution in [-0.4, -0.2) is 24.0 Å². The number of hydrogen-bond acceptors (Lipinski definition) is 3. The minimum atomic E-state index is -0.321. The molecule has 4 nitrogen and oxygen atoms in total. The molecular weight excluding hydrogens is 305 g/mol. The van der Waals surface area contributed by atoms with Gasteiger partial charge in [-0.25, -0.2) is 4.39 Å². The average molecular weight is 325 g/mol. The van der Waals surface area contributed by atoms with Crippen molar-refractivity contribution in [3.63, 3.8) is 0 Å². The van der Waals surface area contributed by atoms with Crippen molar-refractivity contribution in [1.29, 1.82) is 0 Å². The lowest BCUT2D eigenvalue weighted by Gasteiger charge is -2.17. The molecule has 1 aromatic carbocycles. The van der Waals surface area contributed by atoms with Gasteiger partial charge in [-0.1, -0.05) is 6.08 Å². The average Bonchev–Trinajstić information content (AvgIpc) is 2.59. The predicted molar refractivity (Wildman–Crippen MR) is 93.2 cm³/mol. The molecule has 124 valence electrons. The molecule has 0 spiro atoms. The van der Waals surface area contributed by atoms with E-state index < -0.39 is 0 Å². The lowest BCUT2D eigenvalue weighted by atomic mass is 9.97. The molecule has 2 aromatic rings. The normalized spacial score (nSPS) is 14.2. The molecule has 0 aliphatic carbocycles. The quantitative estimate of drug-likeness (QED) is 0.908.